The van der Waals surface area contributed by atoms with Crippen molar-refractivity contribution in [2.75, 3.05) is 0 Å². The highest BCUT2D eigenvalue weighted by atomic mass is 16.3. The van der Waals surface area contributed by atoms with E-state index in [9.17, 15) is 9.90 Å². The van der Waals surface area contributed by atoms with E-state index in [1.165, 1.54) is 0 Å². The zero-order valence-electron chi connectivity index (χ0n) is 10.7. The average molecular weight is 267 g/mol. The molecule has 0 saturated heterocycles. The zero-order valence-corrected chi connectivity index (χ0v) is 10.7. The molecule has 0 atom stereocenters. The lowest BCUT2D eigenvalue weighted by Crippen LogP contribution is -2.22. The van der Waals surface area contributed by atoms with Gasteiger partial charge in [0.1, 0.15) is 11.5 Å². The number of carbonyl (C=O) groups is 1. The van der Waals surface area contributed by atoms with Crippen LogP contribution in [-0.4, -0.2) is 11.0 Å². The maximum atomic E-state index is 12.1. The van der Waals surface area contributed by atoms with Crippen LogP contribution in [0.4, 0.5) is 0 Å². The SMILES string of the molecule is O=C(NCc1ccco1)c1cc2ccccc2cc1O. The Morgan fingerprint density at radius 1 is 1.10 bits per heavy atom. The van der Waals surface area contributed by atoms with Crippen LogP contribution in [0.25, 0.3) is 10.8 Å². The van der Waals surface area contributed by atoms with Gasteiger partial charge in [-0.05, 0) is 35.0 Å². The molecule has 0 bridgehead atoms. The Kier molecular flexibility index (Phi) is 3.13. The molecule has 1 aromatic heterocycles. The molecule has 0 fully saturated rings. The third-order valence-corrected chi connectivity index (χ3v) is 3.11. The van der Waals surface area contributed by atoms with Crippen molar-refractivity contribution in [2.24, 2.45) is 0 Å². The summed E-state index contributed by atoms with van der Waals surface area (Å²) in [7, 11) is 0. The smallest absolute Gasteiger partial charge is 0.255 e. The van der Waals surface area contributed by atoms with E-state index < -0.39 is 0 Å². The lowest BCUT2D eigenvalue weighted by Gasteiger charge is -2.07. The second-order valence-electron chi connectivity index (χ2n) is 4.48. The summed E-state index contributed by atoms with van der Waals surface area (Å²) in [6.45, 7) is 0.290. The summed E-state index contributed by atoms with van der Waals surface area (Å²) in [6.07, 6.45) is 1.55. The largest absolute Gasteiger partial charge is 0.507 e. The summed E-state index contributed by atoms with van der Waals surface area (Å²) in [5.41, 5.74) is 0.259. The summed E-state index contributed by atoms with van der Waals surface area (Å²) < 4.78 is 5.14. The molecule has 0 aliphatic rings. The standard InChI is InChI=1S/C16H13NO3/c18-15-9-12-5-2-1-4-11(12)8-14(15)16(19)17-10-13-6-3-7-20-13/h1-9,18H,10H2,(H,17,19). The molecule has 0 saturated carbocycles. The number of phenols is 1. The van der Waals surface area contributed by atoms with Gasteiger partial charge in [0.15, 0.2) is 0 Å². The summed E-state index contributed by atoms with van der Waals surface area (Å²) in [5, 5.41) is 14.5. The van der Waals surface area contributed by atoms with Gasteiger partial charge in [0.05, 0.1) is 18.4 Å². The number of amides is 1. The molecule has 0 aliphatic carbocycles. The zero-order chi connectivity index (χ0) is 13.9. The number of aromatic hydroxyl groups is 1. The molecule has 0 radical (unpaired) electrons. The molecule has 4 heteroatoms. The number of carbonyl (C=O) groups excluding carboxylic acids is 1. The Morgan fingerprint density at radius 2 is 1.85 bits per heavy atom. The Morgan fingerprint density at radius 3 is 2.55 bits per heavy atom. The first kappa shape index (κ1) is 12.3. The minimum Gasteiger partial charge on any atom is -0.507 e. The van der Waals surface area contributed by atoms with Crippen LogP contribution in [0.5, 0.6) is 5.75 Å². The van der Waals surface area contributed by atoms with E-state index in [1.807, 2.05) is 24.3 Å². The number of benzene rings is 2. The van der Waals surface area contributed by atoms with Gasteiger partial charge >= 0.3 is 0 Å². The molecule has 2 aromatic carbocycles. The number of rotatable bonds is 3. The van der Waals surface area contributed by atoms with Gasteiger partial charge in [-0.3, -0.25) is 4.79 Å². The maximum absolute atomic E-state index is 12.1. The molecule has 1 amide bonds. The fraction of sp³-hybridized carbons (Fsp3) is 0.0625. The second kappa shape index (κ2) is 5.09. The molecule has 4 nitrogen and oxygen atoms in total. The average Bonchev–Trinajstić information content (AvgIpc) is 2.97. The summed E-state index contributed by atoms with van der Waals surface area (Å²) >= 11 is 0. The Hall–Kier alpha value is -2.75. The van der Waals surface area contributed by atoms with Crippen LogP contribution in [0.3, 0.4) is 0 Å². The fourth-order valence-electron chi connectivity index (χ4n) is 2.09. The van der Waals surface area contributed by atoms with Crippen LogP contribution in [-0.2, 0) is 6.54 Å². The van der Waals surface area contributed by atoms with Gasteiger partial charge in [0.2, 0.25) is 0 Å². The van der Waals surface area contributed by atoms with Gasteiger partial charge in [0, 0.05) is 0 Å². The number of hydrogen-bond donors (Lipinski definition) is 2. The topological polar surface area (TPSA) is 62.5 Å². The Labute approximate surface area is 115 Å². The van der Waals surface area contributed by atoms with Gasteiger partial charge in [-0.15, -0.1) is 0 Å². The van der Waals surface area contributed by atoms with Crippen molar-refractivity contribution in [3.8, 4) is 5.75 Å². The molecule has 0 unspecified atom stereocenters. The van der Waals surface area contributed by atoms with E-state index >= 15 is 0 Å². The van der Waals surface area contributed by atoms with E-state index in [4.69, 9.17) is 4.42 Å². The van der Waals surface area contributed by atoms with Gasteiger partial charge in [-0.2, -0.15) is 0 Å². The van der Waals surface area contributed by atoms with Crippen molar-refractivity contribution in [3.63, 3.8) is 0 Å². The van der Waals surface area contributed by atoms with Crippen LogP contribution in [0, 0.1) is 0 Å². The number of phenolic OH excluding ortho intramolecular Hbond substituents is 1. The molecule has 0 spiro atoms. The molecule has 3 rings (SSSR count). The van der Waals surface area contributed by atoms with Gasteiger partial charge in [-0.1, -0.05) is 24.3 Å². The van der Waals surface area contributed by atoms with E-state index in [2.05, 4.69) is 5.32 Å². The minimum absolute atomic E-state index is 0.0272. The highest BCUT2D eigenvalue weighted by molar-refractivity contribution is 6.01. The first-order valence-corrected chi connectivity index (χ1v) is 6.26. The molecule has 20 heavy (non-hydrogen) atoms. The summed E-state index contributed by atoms with van der Waals surface area (Å²) in [5.74, 6) is 0.309. The predicted octanol–water partition coefficient (Wildman–Crippen LogP) is 3.07. The highest BCUT2D eigenvalue weighted by Crippen LogP contribution is 2.24. The Balaban J connectivity index is 1.85. The van der Waals surface area contributed by atoms with Crippen LogP contribution < -0.4 is 5.32 Å². The molecule has 0 aliphatic heterocycles. The van der Waals surface area contributed by atoms with Crippen LogP contribution >= 0.6 is 0 Å². The Bertz CT molecular complexity index is 748. The van der Waals surface area contributed by atoms with Gasteiger partial charge in [-0.25, -0.2) is 0 Å². The van der Waals surface area contributed by atoms with Crippen molar-refractivity contribution in [1.29, 1.82) is 0 Å². The van der Waals surface area contributed by atoms with Gasteiger partial charge < -0.3 is 14.8 Å². The molecule has 100 valence electrons. The van der Waals surface area contributed by atoms with E-state index in [0.717, 1.165) is 10.8 Å². The molecule has 3 aromatic rings. The molecular weight excluding hydrogens is 254 g/mol. The first-order valence-electron chi connectivity index (χ1n) is 6.26. The maximum Gasteiger partial charge on any atom is 0.255 e. The number of fused-ring (bicyclic) bond motifs is 1. The second-order valence-corrected chi connectivity index (χ2v) is 4.48. The monoisotopic (exact) mass is 267 g/mol. The molecule has 2 N–H and O–H groups in total. The predicted molar refractivity (Wildman–Crippen MR) is 75.5 cm³/mol. The first-order chi connectivity index (χ1) is 9.74. The van der Waals surface area contributed by atoms with Crippen molar-refractivity contribution >= 4 is 16.7 Å². The van der Waals surface area contributed by atoms with Crippen LogP contribution in [0.2, 0.25) is 0 Å². The lowest BCUT2D eigenvalue weighted by atomic mass is 10.1. The number of hydrogen-bond acceptors (Lipinski definition) is 3. The number of furan rings is 1. The molecular formula is C16H13NO3. The van der Waals surface area contributed by atoms with Crippen LogP contribution in [0.1, 0.15) is 16.1 Å². The minimum atomic E-state index is -0.329. The quantitative estimate of drug-likeness (QED) is 0.766. The molecule has 1 heterocycles. The third kappa shape index (κ3) is 2.36. The van der Waals surface area contributed by atoms with Crippen molar-refractivity contribution in [3.05, 3.63) is 66.1 Å². The van der Waals surface area contributed by atoms with Crippen molar-refractivity contribution < 1.29 is 14.3 Å². The highest BCUT2D eigenvalue weighted by Gasteiger charge is 2.12. The van der Waals surface area contributed by atoms with E-state index in [-0.39, 0.29) is 23.8 Å². The summed E-state index contributed by atoms with van der Waals surface area (Å²) in [4.78, 5) is 12.1. The third-order valence-electron chi connectivity index (χ3n) is 3.11. The van der Waals surface area contributed by atoms with E-state index in [1.54, 1.807) is 30.5 Å². The summed E-state index contributed by atoms with van der Waals surface area (Å²) in [6, 6.07) is 14.4. The number of nitrogens with one attached hydrogen (secondary N) is 1. The fourth-order valence-corrected chi connectivity index (χ4v) is 2.09. The van der Waals surface area contributed by atoms with Gasteiger partial charge in [0.25, 0.3) is 5.91 Å². The van der Waals surface area contributed by atoms with E-state index in [0.29, 0.717) is 5.76 Å². The van der Waals surface area contributed by atoms with Crippen LogP contribution in [0.15, 0.2) is 59.2 Å². The normalized spacial score (nSPS) is 10.6. The van der Waals surface area contributed by atoms with Crippen molar-refractivity contribution in [2.45, 2.75) is 6.54 Å². The van der Waals surface area contributed by atoms with Crippen molar-refractivity contribution in [1.82, 2.24) is 5.32 Å². The lowest BCUT2D eigenvalue weighted by molar-refractivity contribution is 0.0945.